The Morgan fingerprint density at radius 2 is 2.20 bits per heavy atom. The lowest BCUT2D eigenvalue weighted by Gasteiger charge is -2.10. The Labute approximate surface area is 146 Å². The molecule has 8 nitrogen and oxygen atoms in total. The summed E-state index contributed by atoms with van der Waals surface area (Å²) in [7, 11) is 1.54. The van der Waals surface area contributed by atoms with Crippen LogP contribution in [0.1, 0.15) is 25.3 Å². The van der Waals surface area contributed by atoms with E-state index in [2.05, 4.69) is 15.8 Å². The minimum absolute atomic E-state index is 0.0171. The molecule has 1 fully saturated rings. The zero-order valence-corrected chi connectivity index (χ0v) is 14.4. The first-order valence-corrected chi connectivity index (χ1v) is 8.17. The van der Waals surface area contributed by atoms with E-state index in [1.54, 1.807) is 25.3 Å². The molecule has 0 aromatic heterocycles. The Hall–Kier alpha value is -2.61. The van der Waals surface area contributed by atoms with Crippen LogP contribution in [0.25, 0.3) is 0 Å². The third-order valence-electron chi connectivity index (χ3n) is 3.59. The van der Waals surface area contributed by atoms with Crippen LogP contribution < -0.4 is 20.2 Å². The molecule has 2 N–H and O–H groups in total. The lowest BCUT2D eigenvalue weighted by Crippen LogP contribution is -2.41. The van der Waals surface area contributed by atoms with Crippen molar-refractivity contribution < 1.29 is 23.8 Å². The molecule has 1 atom stereocenters. The molecule has 0 radical (unpaired) electrons. The second-order valence-electron chi connectivity index (χ2n) is 5.39. The highest BCUT2D eigenvalue weighted by Crippen LogP contribution is 2.27. The molecule has 1 aromatic rings. The number of hydrazone groups is 1. The van der Waals surface area contributed by atoms with Crippen molar-refractivity contribution in [1.82, 2.24) is 10.7 Å². The summed E-state index contributed by atoms with van der Waals surface area (Å²) in [4.78, 5) is 23.3. The smallest absolute Gasteiger partial charge is 0.329 e. The van der Waals surface area contributed by atoms with Gasteiger partial charge in [0.2, 0.25) is 0 Å². The van der Waals surface area contributed by atoms with Crippen LogP contribution in [-0.4, -0.2) is 51.0 Å². The molecule has 136 valence electrons. The van der Waals surface area contributed by atoms with Gasteiger partial charge in [-0.3, -0.25) is 9.59 Å². The number of hydrogen-bond acceptors (Lipinski definition) is 6. The van der Waals surface area contributed by atoms with Crippen LogP contribution in [0.2, 0.25) is 0 Å². The van der Waals surface area contributed by atoms with Crippen LogP contribution in [0.4, 0.5) is 0 Å². The summed E-state index contributed by atoms with van der Waals surface area (Å²) in [6.45, 7) is 3.43. The van der Waals surface area contributed by atoms with E-state index in [1.165, 1.54) is 6.21 Å². The van der Waals surface area contributed by atoms with Crippen molar-refractivity contribution in [2.45, 2.75) is 25.9 Å². The summed E-state index contributed by atoms with van der Waals surface area (Å²) in [5.41, 5.74) is 2.88. The zero-order valence-electron chi connectivity index (χ0n) is 14.4. The number of amides is 2. The fourth-order valence-electron chi connectivity index (χ4n) is 2.35. The zero-order chi connectivity index (χ0) is 18.1. The number of nitrogens with one attached hydrogen (secondary N) is 2. The largest absolute Gasteiger partial charge is 0.493 e. The molecule has 0 saturated carbocycles. The van der Waals surface area contributed by atoms with Gasteiger partial charge in [-0.1, -0.05) is 0 Å². The molecule has 1 aliphatic heterocycles. The average Bonchev–Trinajstić information content (AvgIpc) is 3.14. The van der Waals surface area contributed by atoms with E-state index in [4.69, 9.17) is 14.2 Å². The summed E-state index contributed by atoms with van der Waals surface area (Å²) in [5, 5.41) is 6.31. The first-order chi connectivity index (χ1) is 12.1. The van der Waals surface area contributed by atoms with E-state index in [9.17, 15) is 9.59 Å². The summed E-state index contributed by atoms with van der Waals surface area (Å²) in [6, 6.07) is 5.23. The van der Waals surface area contributed by atoms with Crippen molar-refractivity contribution in [3.63, 3.8) is 0 Å². The molecule has 2 amide bonds. The molecule has 1 aliphatic rings. The molecule has 0 aliphatic carbocycles. The number of carbonyl (C=O) groups excluding carboxylic acids is 2. The fraction of sp³-hybridized carbons (Fsp3) is 0.471. The van der Waals surface area contributed by atoms with Gasteiger partial charge in [-0.2, -0.15) is 5.10 Å². The minimum atomic E-state index is -0.827. The third kappa shape index (κ3) is 5.75. The Bertz CT molecular complexity index is 627. The molecule has 25 heavy (non-hydrogen) atoms. The van der Waals surface area contributed by atoms with Crippen molar-refractivity contribution in [3.8, 4) is 11.5 Å². The Balaban J connectivity index is 1.82. The standard InChI is InChI=1S/C17H23N3O5/c1-3-24-14-7-6-12(9-15(14)23-2)10-19-20-17(22)16(21)18-11-13-5-4-8-25-13/h6-7,9-10,13H,3-5,8,11H2,1-2H3,(H,18,21)(H,20,22)/b19-10-/t13-/m0/s1. The number of carbonyl (C=O) groups is 2. The topological polar surface area (TPSA) is 98.2 Å². The summed E-state index contributed by atoms with van der Waals surface area (Å²) >= 11 is 0. The van der Waals surface area contributed by atoms with Gasteiger partial charge in [-0.25, -0.2) is 5.43 Å². The van der Waals surface area contributed by atoms with E-state index >= 15 is 0 Å². The second kappa shape index (κ2) is 9.63. The van der Waals surface area contributed by atoms with Gasteiger partial charge in [0, 0.05) is 13.2 Å². The monoisotopic (exact) mass is 349 g/mol. The molecule has 1 aromatic carbocycles. The molecule has 0 spiro atoms. The fourth-order valence-corrected chi connectivity index (χ4v) is 2.35. The van der Waals surface area contributed by atoms with Crippen molar-refractivity contribution in [2.75, 3.05) is 26.9 Å². The molecule has 0 bridgehead atoms. The van der Waals surface area contributed by atoms with Gasteiger partial charge in [0.25, 0.3) is 0 Å². The molecular formula is C17H23N3O5. The summed E-state index contributed by atoms with van der Waals surface area (Å²) in [5.74, 6) is -0.379. The van der Waals surface area contributed by atoms with E-state index in [-0.39, 0.29) is 6.10 Å². The minimum Gasteiger partial charge on any atom is -0.493 e. The highest BCUT2D eigenvalue weighted by atomic mass is 16.5. The number of ether oxygens (including phenoxy) is 3. The average molecular weight is 349 g/mol. The van der Waals surface area contributed by atoms with Gasteiger partial charge < -0.3 is 19.5 Å². The SMILES string of the molecule is CCOc1ccc(/C=N\NC(=O)C(=O)NC[C@@H]2CCCO2)cc1OC. The van der Waals surface area contributed by atoms with Crippen LogP contribution in [-0.2, 0) is 14.3 Å². The maximum absolute atomic E-state index is 11.7. The van der Waals surface area contributed by atoms with Crippen LogP contribution in [0, 0.1) is 0 Å². The lowest BCUT2D eigenvalue weighted by molar-refractivity contribution is -0.139. The van der Waals surface area contributed by atoms with Gasteiger partial charge in [-0.05, 0) is 43.5 Å². The number of rotatable bonds is 7. The lowest BCUT2D eigenvalue weighted by atomic mass is 10.2. The first-order valence-electron chi connectivity index (χ1n) is 8.17. The van der Waals surface area contributed by atoms with Crippen molar-refractivity contribution in [1.29, 1.82) is 0 Å². The van der Waals surface area contributed by atoms with Crippen LogP contribution >= 0.6 is 0 Å². The van der Waals surface area contributed by atoms with Gasteiger partial charge in [-0.15, -0.1) is 0 Å². The number of nitrogens with zero attached hydrogens (tertiary/aromatic N) is 1. The molecule has 0 unspecified atom stereocenters. The predicted molar refractivity (Wildman–Crippen MR) is 91.9 cm³/mol. The number of hydrogen-bond donors (Lipinski definition) is 2. The van der Waals surface area contributed by atoms with E-state index in [0.717, 1.165) is 12.8 Å². The second-order valence-corrected chi connectivity index (χ2v) is 5.39. The molecule has 2 rings (SSSR count). The number of methoxy groups -OCH3 is 1. The number of benzene rings is 1. The van der Waals surface area contributed by atoms with Crippen molar-refractivity contribution in [2.24, 2.45) is 5.10 Å². The van der Waals surface area contributed by atoms with Gasteiger partial charge in [0.15, 0.2) is 11.5 Å². The quantitative estimate of drug-likeness (QED) is 0.432. The van der Waals surface area contributed by atoms with E-state index < -0.39 is 11.8 Å². The predicted octanol–water partition coefficient (Wildman–Crippen LogP) is 0.839. The Morgan fingerprint density at radius 3 is 2.88 bits per heavy atom. The van der Waals surface area contributed by atoms with Gasteiger partial charge in [0.1, 0.15) is 0 Å². The van der Waals surface area contributed by atoms with Gasteiger partial charge >= 0.3 is 11.8 Å². The molecular weight excluding hydrogens is 326 g/mol. The molecule has 8 heteroatoms. The Kier molecular flexibility index (Phi) is 7.21. The van der Waals surface area contributed by atoms with Crippen LogP contribution in [0.15, 0.2) is 23.3 Å². The molecule has 1 saturated heterocycles. The maximum atomic E-state index is 11.7. The normalized spacial score (nSPS) is 16.6. The highest BCUT2D eigenvalue weighted by Gasteiger charge is 2.18. The maximum Gasteiger partial charge on any atom is 0.329 e. The van der Waals surface area contributed by atoms with Crippen LogP contribution in [0.3, 0.4) is 0 Å². The van der Waals surface area contributed by atoms with Crippen LogP contribution in [0.5, 0.6) is 11.5 Å². The van der Waals surface area contributed by atoms with E-state index in [0.29, 0.717) is 36.8 Å². The Morgan fingerprint density at radius 1 is 1.36 bits per heavy atom. The molecule has 1 heterocycles. The van der Waals surface area contributed by atoms with Crippen molar-refractivity contribution in [3.05, 3.63) is 23.8 Å². The highest BCUT2D eigenvalue weighted by molar-refractivity contribution is 6.35. The van der Waals surface area contributed by atoms with E-state index in [1.807, 2.05) is 6.92 Å². The van der Waals surface area contributed by atoms with Gasteiger partial charge in [0.05, 0.1) is 26.0 Å². The van der Waals surface area contributed by atoms with Crippen molar-refractivity contribution >= 4 is 18.0 Å². The summed E-state index contributed by atoms with van der Waals surface area (Å²) in [6.07, 6.45) is 3.27. The third-order valence-corrected chi connectivity index (χ3v) is 3.59. The first kappa shape index (κ1) is 18.7. The summed E-state index contributed by atoms with van der Waals surface area (Å²) < 4.78 is 16.0.